The average Bonchev–Trinajstić information content (AvgIpc) is 2.25. The SMILES string of the molecule is CN1CCC[C@H](CNC(=O)NCCC(F)(F)F)C1. The standard InChI is InChI=1S/C11H20F3N3O/c1-17-6-2-3-9(8-17)7-16-10(18)15-5-4-11(12,13)14/h9H,2-8H2,1H3,(H2,15,16,18)/t9-/m1/s1. The van der Waals surface area contributed by atoms with Crippen molar-refractivity contribution >= 4 is 6.03 Å². The highest BCUT2D eigenvalue weighted by atomic mass is 19.4. The molecule has 2 amide bonds. The van der Waals surface area contributed by atoms with Gasteiger partial charge < -0.3 is 15.5 Å². The Labute approximate surface area is 105 Å². The summed E-state index contributed by atoms with van der Waals surface area (Å²) in [5.41, 5.74) is 0. The number of alkyl halides is 3. The molecule has 0 saturated carbocycles. The zero-order valence-corrected chi connectivity index (χ0v) is 10.5. The molecule has 0 aliphatic carbocycles. The molecule has 1 atom stereocenters. The Kier molecular flexibility index (Phi) is 5.71. The van der Waals surface area contributed by atoms with Crippen LogP contribution in [0.5, 0.6) is 0 Å². The first-order chi connectivity index (χ1) is 8.37. The van der Waals surface area contributed by atoms with Gasteiger partial charge in [0, 0.05) is 19.6 Å². The quantitative estimate of drug-likeness (QED) is 0.812. The van der Waals surface area contributed by atoms with Gasteiger partial charge in [-0.2, -0.15) is 13.2 Å². The van der Waals surface area contributed by atoms with Gasteiger partial charge in [-0.1, -0.05) is 0 Å². The van der Waals surface area contributed by atoms with Crippen LogP contribution in [-0.4, -0.2) is 50.3 Å². The second-order valence-corrected chi connectivity index (χ2v) is 4.77. The minimum absolute atomic E-state index is 0.375. The molecule has 0 aromatic rings. The molecule has 18 heavy (non-hydrogen) atoms. The minimum atomic E-state index is -4.22. The summed E-state index contributed by atoms with van der Waals surface area (Å²) in [4.78, 5) is 13.4. The van der Waals surface area contributed by atoms with Gasteiger partial charge >= 0.3 is 12.2 Å². The number of piperidine rings is 1. The van der Waals surface area contributed by atoms with Crippen molar-refractivity contribution in [2.24, 2.45) is 5.92 Å². The summed E-state index contributed by atoms with van der Waals surface area (Å²) >= 11 is 0. The number of amides is 2. The highest BCUT2D eigenvalue weighted by Crippen LogP contribution is 2.18. The van der Waals surface area contributed by atoms with E-state index in [-0.39, 0.29) is 6.54 Å². The zero-order chi connectivity index (χ0) is 13.6. The third-order valence-electron chi connectivity index (χ3n) is 2.97. The monoisotopic (exact) mass is 267 g/mol. The van der Waals surface area contributed by atoms with E-state index >= 15 is 0 Å². The fourth-order valence-electron chi connectivity index (χ4n) is 2.06. The molecule has 0 unspecified atom stereocenters. The van der Waals surface area contributed by atoms with Crippen molar-refractivity contribution in [1.29, 1.82) is 0 Å². The van der Waals surface area contributed by atoms with Crippen molar-refractivity contribution in [3.05, 3.63) is 0 Å². The van der Waals surface area contributed by atoms with Gasteiger partial charge in [-0.3, -0.25) is 0 Å². The van der Waals surface area contributed by atoms with Crippen molar-refractivity contribution < 1.29 is 18.0 Å². The van der Waals surface area contributed by atoms with Crippen molar-refractivity contribution in [3.63, 3.8) is 0 Å². The molecule has 2 N–H and O–H groups in total. The summed E-state index contributed by atoms with van der Waals surface area (Å²) < 4.78 is 35.5. The summed E-state index contributed by atoms with van der Waals surface area (Å²) in [7, 11) is 2.02. The van der Waals surface area contributed by atoms with Crippen LogP contribution >= 0.6 is 0 Å². The van der Waals surface area contributed by atoms with Crippen LogP contribution in [-0.2, 0) is 0 Å². The minimum Gasteiger partial charge on any atom is -0.338 e. The Morgan fingerprint density at radius 2 is 2.11 bits per heavy atom. The van der Waals surface area contributed by atoms with E-state index in [0.29, 0.717) is 12.5 Å². The Balaban J connectivity index is 2.09. The summed E-state index contributed by atoms with van der Waals surface area (Å²) in [6, 6.07) is -0.521. The molecular weight excluding hydrogens is 247 g/mol. The normalized spacial score (nSPS) is 21.7. The first-order valence-electron chi connectivity index (χ1n) is 6.14. The van der Waals surface area contributed by atoms with Crippen LogP contribution in [0.15, 0.2) is 0 Å². The molecule has 0 aromatic heterocycles. The van der Waals surface area contributed by atoms with Gasteiger partial charge in [-0.15, -0.1) is 0 Å². The molecule has 1 heterocycles. The number of rotatable bonds is 4. The van der Waals surface area contributed by atoms with Crippen LogP contribution in [0.3, 0.4) is 0 Å². The van der Waals surface area contributed by atoms with Crippen LogP contribution in [0.1, 0.15) is 19.3 Å². The number of hydrogen-bond donors (Lipinski definition) is 2. The van der Waals surface area contributed by atoms with E-state index in [0.717, 1.165) is 25.9 Å². The Hall–Kier alpha value is -0.980. The van der Waals surface area contributed by atoms with Gasteiger partial charge in [0.15, 0.2) is 0 Å². The summed E-state index contributed by atoms with van der Waals surface area (Å²) in [6.07, 6.45) is -3.07. The Bertz CT molecular complexity index is 271. The number of nitrogens with zero attached hydrogens (tertiary/aromatic N) is 1. The van der Waals surface area contributed by atoms with Crippen LogP contribution in [0, 0.1) is 5.92 Å². The van der Waals surface area contributed by atoms with Gasteiger partial charge in [0.25, 0.3) is 0 Å². The maximum absolute atomic E-state index is 11.8. The smallest absolute Gasteiger partial charge is 0.338 e. The molecule has 0 radical (unpaired) electrons. The number of carbonyl (C=O) groups excluding carboxylic acids is 1. The van der Waals surface area contributed by atoms with E-state index < -0.39 is 18.6 Å². The molecule has 1 aliphatic rings. The van der Waals surface area contributed by atoms with E-state index in [1.54, 1.807) is 0 Å². The van der Waals surface area contributed by atoms with Gasteiger partial charge in [0.1, 0.15) is 0 Å². The molecular formula is C11H20F3N3O. The Morgan fingerprint density at radius 3 is 2.72 bits per heavy atom. The molecule has 0 bridgehead atoms. The number of hydrogen-bond acceptors (Lipinski definition) is 2. The lowest BCUT2D eigenvalue weighted by atomic mass is 9.99. The lowest BCUT2D eigenvalue weighted by Crippen LogP contribution is -2.43. The van der Waals surface area contributed by atoms with Crippen molar-refractivity contribution in [2.45, 2.75) is 25.4 Å². The molecule has 7 heteroatoms. The number of urea groups is 1. The number of carbonyl (C=O) groups is 1. The topological polar surface area (TPSA) is 44.4 Å². The predicted molar refractivity (Wildman–Crippen MR) is 62.3 cm³/mol. The molecule has 1 saturated heterocycles. The molecule has 0 aromatic carbocycles. The highest BCUT2D eigenvalue weighted by molar-refractivity contribution is 5.73. The van der Waals surface area contributed by atoms with Gasteiger partial charge in [-0.05, 0) is 32.4 Å². The third-order valence-corrected chi connectivity index (χ3v) is 2.97. The lowest BCUT2D eigenvalue weighted by molar-refractivity contribution is -0.132. The van der Waals surface area contributed by atoms with Crippen molar-refractivity contribution in [2.75, 3.05) is 33.2 Å². The van der Waals surface area contributed by atoms with E-state index in [9.17, 15) is 18.0 Å². The number of halogens is 3. The van der Waals surface area contributed by atoms with Crippen LogP contribution in [0.25, 0.3) is 0 Å². The number of nitrogens with one attached hydrogen (secondary N) is 2. The van der Waals surface area contributed by atoms with Crippen molar-refractivity contribution in [3.8, 4) is 0 Å². The molecule has 106 valence electrons. The first-order valence-corrected chi connectivity index (χ1v) is 6.14. The number of likely N-dealkylation sites (tertiary alicyclic amines) is 1. The van der Waals surface area contributed by atoms with Gasteiger partial charge in [0.2, 0.25) is 0 Å². The van der Waals surface area contributed by atoms with Gasteiger partial charge in [-0.25, -0.2) is 4.79 Å². The fraction of sp³-hybridized carbons (Fsp3) is 0.909. The van der Waals surface area contributed by atoms with E-state index in [4.69, 9.17) is 0 Å². The Morgan fingerprint density at radius 1 is 1.39 bits per heavy atom. The molecule has 1 aliphatic heterocycles. The molecule has 1 fully saturated rings. The van der Waals surface area contributed by atoms with E-state index in [1.165, 1.54) is 0 Å². The van der Waals surface area contributed by atoms with Crippen LogP contribution < -0.4 is 10.6 Å². The average molecular weight is 267 g/mol. The van der Waals surface area contributed by atoms with Crippen LogP contribution in [0.4, 0.5) is 18.0 Å². The summed E-state index contributed by atoms with van der Waals surface area (Å²) in [5, 5.41) is 4.82. The van der Waals surface area contributed by atoms with Crippen LogP contribution in [0.2, 0.25) is 0 Å². The summed E-state index contributed by atoms with van der Waals surface area (Å²) in [5.74, 6) is 0.386. The fourth-order valence-corrected chi connectivity index (χ4v) is 2.06. The largest absolute Gasteiger partial charge is 0.390 e. The lowest BCUT2D eigenvalue weighted by Gasteiger charge is -2.29. The van der Waals surface area contributed by atoms with E-state index in [1.807, 2.05) is 7.05 Å². The highest BCUT2D eigenvalue weighted by Gasteiger charge is 2.26. The van der Waals surface area contributed by atoms with Gasteiger partial charge in [0.05, 0.1) is 6.42 Å². The zero-order valence-electron chi connectivity index (χ0n) is 10.5. The molecule has 0 spiro atoms. The summed E-state index contributed by atoms with van der Waals surface area (Å²) in [6.45, 7) is 2.12. The van der Waals surface area contributed by atoms with E-state index in [2.05, 4.69) is 15.5 Å². The van der Waals surface area contributed by atoms with Crippen molar-refractivity contribution in [1.82, 2.24) is 15.5 Å². The molecule has 1 rings (SSSR count). The second kappa shape index (κ2) is 6.82. The molecule has 4 nitrogen and oxygen atoms in total. The third kappa shape index (κ3) is 6.68. The predicted octanol–water partition coefficient (Wildman–Crippen LogP) is 1.58. The second-order valence-electron chi connectivity index (χ2n) is 4.77. The maximum Gasteiger partial charge on any atom is 0.390 e. The first kappa shape index (κ1) is 15.1. The maximum atomic E-state index is 11.8.